The highest BCUT2D eigenvalue weighted by Gasteiger charge is 2.02. The molecule has 0 unspecified atom stereocenters. The number of benzene rings is 2. The minimum absolute atomic E-state index is 0.00204. The second kappa shape index (κ2) is 6.24. The predicted molar refractivity (Wildman–Crippen MR) is 84.0 cm³/mol. The second-order valence-electron chi connectivity index (χ2n) is 4.60. The van der Waals surface area contributed by atoms with E-state index in [1.165, 1.54) is 0 Å². The maximum atomic E-state index is 8.86. The Hall–Kier alpha value is -2.59. The lowest BCUT2D eigenvalue weighted by molar-refractivity contribution is 0.201. The smallest absolute Gasteiger partial charge is 0.126 e. The number of nitrogens with zero attached hydrogens (tertiary/aromatic N) is 1. The van der Waals surface area contributed by atoms with Crippen molar-refractivity contribution < 1.29 is 9.84 Å². The number of aromatic nitrogens is 2. The van der Waals surface area contributed by atoms with E-state index in [9.17, 15) is 0 Å². The summed E-state index contributed by atoms with van der Waals surface area (Å²) in [6, 6.07) is 15.7. The molecule has 0 spiro atoms. The van der Waals surface area contributed by atoms with Crippen molar-refractivity contribution in [3.63, 3.8) is 0 Å². The molecule has 106 valence electrons. The van der Waals surface area contributed by atoms with Crippen molar-refractivity contribution in [3.8, 4) is 5.75 Å². The highest BCUT2D eigenvalue weighted by atomic mass is 16.5. The highest BCUT2D eigenvalue weighted by Crippen LogP contribution is 2.22. The van der Waals surface area contributed by atoms with Gasteiger partial charge in [0.1, 0.15) is 12.4 Å². The summed E-state index contributed by atoms with van der Waals surface area (Å²) < 4.78 is 5.51. The van der Waals surface area contributed by atoms with Crippen molar-refractivity contribution in [2.75, 3.05) is 13.2 Å². The number of aromatic amines is 1. The van der Waals surface area contributed by atoms with Crippen LogP contribution >= 0.6 is 0 Å². The molecular weight excluding hydrogens is 264 g/mol. The van der Waals surface area contributed by atoms with Gasteiger partial charge in [-0.3, -0.25) is 5.10 Å². The zero-order chi connectivity index (χ0) is 14.5. The third-order valence-corrected chi connectivity index (χ3v) is 3.19. The maximum absolute atomic E-state index is 8.86. The van der Waals surface area contributed by atoms with Crippen LogP contribution in [0, 0.1) is 0 Å². The number of rotatable bonds is 5. The summed E-state index contributed by atoms with van der Waals surface area (Å²) in [6.45, 7) is 0.290. The summed E-state index contributed by atoms with van der Waals surface area (Å²) in [5.74, 6) is 0.752. The summed E-state index contributed by atoms with van der Waals surface area (Å²) in [6.07, 6.45) is 3.93. The molecule has 0 atom stereocenters. The fourth-order valence-electron chi connectivity index (χ4n) is 2.19. The lowest BCUT2D eigenvalue weighted by Gasteiger charge is -2.07. The van der Waals surface area contributed by atoms with Crippen molar-refractivity contribution in [1.29, 1.82) is 0 Å². The normalized spacial score (nSPS) is 11.3. The van der Waals surface area contributed by atoms with Gasteiger partial charge in [-0.05, 0) is 24.3 Å². The van der Waals surface area contributed by atoms with E-state index < -0.39 is 0 Å². The molecule has 21 heavy (non-hydrogen) atoms. The molecule has 0 bridgehead atoms. The average Bonchev–Trinajstić information content (AvgIpc) is 2.95. The summed E-state index contributed by atoms with van der Waals surface area (Å²) in [5, 5.41) is 17.3. The second-order valence-corrected chi connectivity index (χ2v) is 4.60. The Kier molecular flexibility index (Phi) is 3.98. The van der Waals surface area contributed by atoms with Crippen molar-refractivity contribution in [2.45, 2.75) is 0 Å². The van der Waals surface area contributed by atoms with E-state index in [0.29, 0.717) is 0 Å². The number of nitrogens with one attached hydrogen (secondary N) is 1. The number of hydrogen-bond donors (Lipinski definition) is 2. The van der Waals surface area contributed by atoms with Crippen LogP contribution in [0.1, 0.15) is 11.3 Å². The Balaban J connectivity index is 1.89. The molecule has 2 N–H and O–H groups in total. The van der Waals surface area contributed by atoms with Gasteiger partial charge in [0.25, 0.3) is 0 Å². The van der Waals surface area contributed by atoms with Gasteiger partial charge in [-0.15, -0.1) is 0 Å². The molecule has 0 saturated heterocycles. The topological polar surface area (TPSA) is 58.1 Å². The summed E-state index contributed by atoms with van der Waals surface area (Å²) in [5.41, 5.74) is 2.86. The molecule has 0 amide bonds. The Bertz CT molecular complexity index is 762. The van der Waals surface area contributed by atoms with E-state index in [0.717, 1.165) is 27.9 Å². The quantitative estimate of drug-likeness (QED) is 0.755. The van der Waals surface area contributed by atoms with Gasteiger partial charge in [0.15, 0.2) is 0 Å². The Morgan fingerprint density at radius 1 is 1.05 bits per heavy atom. The molecule has 0 radical (unpaired) electrons. The zero-order valence-electron chi connectivity index (χ0n) is 11.5. The molecule has 1 heterocycles. The molecule has 0 saturated carbocycles. The molecule has 0 aliphatic heterocycles. The molecule has 2 aromatic carbocycles. The molecule has 3 aromatic rings. The van der Waals surface area contributed by atoms with Gasteiger partial charge < -0.3 is 9.84 Å². The van der Waals surface area contributed by atoms with Crippen LogP contribution in [-0.4, -0.2) is 28.5 Å². The van der Waals surface area contributed by atoms with Gasteiger partial charge in [-0.2, -0.15) is 5.10 Å². The van der Waals surface area contributed by atoms with Crippen LogP contribution in [0.3, 0.4) is 0 Å². The molecular formula is C17H16N2O2. The maximum Gasteiger partial charge on any atom is 0.126 e. The molecule has 3 rings (SSSR count). The molecule has 0 aliphatic carbocycles. The van der Waals surface area contributed by atoms with Gasteiger partial charge in [0, 0.05) is 10.9 Å². The predicted octanol–water partition coefficient (Wildman–Crippen LogP) is 3.10. The van der Waals surface area contributed by atoms with Crippen LogP contribution in [-0.2, 0) is 0 Å². The summed E-state index contributed by atoms with van der Waals surface area (Å²) in [4.78, 5) is 0. The SMILES string of the molecule is OCCOc1ccccc1C=Cc1n[nH]c2ccccc12. The van der Waals surface area contributed by atoms with Crippen molar-refractivity contribution in [1.82, 2.24) is 10.2 Å². The first-order valence-electron chi connectivity index (χ1n) is 6.82. The van der Waals surface area contributed by atoms with Gasteiger partial charge in [-0.25, -0.2) is 0 Å². The molecule has 1 aromatic heterocycles. The van der Waals surface area contributed by atoms with Gasteiger partial charge >= 0.3 is 0 Å². The minimum Gasteiger partial charge on any atom is -0.491 e. The van der Waals surface area contributed by atoms with E-state index in [-0.39, 0.29) is 13.2 Å². The van der Waals surface area contributed by atoms with Crippen LogP contribution in [0.25, 0.3) is 23.1 Å². The Morgan fingerprint density at radius 2 is 1.86 bits per heavy atom. The van der Waals surface area contributed by atoms with Gasteiger partial charge in [0.2, 0.25) is 0 Å². The number of hydrogen-bond acceptors (Lipinski definition) is 3. The molecule has 0 fully saturated rings. The van der Waals surface area contributed by atoms with Gasteiger partial charge in [-0.1, -0.05) is 36.4 Å². The van der Waals surface area contributed by atoms with E-state index >= 15 is 0 Å². The Labute approximate surface area is 122 Å². The molecule has 0 aliphatic rings. The molecule has 4 nitrogen and oxygen atoms in total. The third-order valence-electron chi connectivity index (χ3n) is 3.19. The lowest BCUT2D eigenvalue weighted by Crippen LogP contribution is -2.02. The van der Waals surface area contributed by atoms with E-state index in [4.69, 9.17) is 9.84 Å². The van der Waals surface area contributed by atoms with E-state index in [1.807, 2.05) is 60.7 Å². The lowest BCUT2D eigenvalue weighted by atomic mass is 10.1. The minimum atomic E-state index is 0.00204. The van der Waals surface area contributed by atoms with Crippen LogP contribution in [0.5, 0.6) is 5.75 Å². The number of aliphatic hydroxyl groups excluding tert-OH is 1. The number of ether oxygens (including phenoxy) is 1. The summed E-state index contributed by atoms with van der Waals surface area (Å²) >= 11 is 0. The first-order chi connectivity index (χ1) is 10.4. The highest BCUT2D eigenvalue weighted by molar-refractivity contribution is 5.89. The number of para-hydroxylation sites is 2. The first-order valence-corrected chi connectivity index (χ1v) is 6.82. The van der Waals surface area contributed by atoms with E-state index in [2.05, 4.69) is 10.2 Å². The van der Waals surface area contributed by atoms with Crippen molar-refractivity contribution in [3.05, 3.63) is 59.8 Å². The number of fused-ring (bicyclic) bond motifs is 1. The monoisotopic (exact) mass is 280 g/mol. The van der Waals surface area contributed by atoms with Crippen LogP contribution in [0.2, 0.25) is 0 Å². The fourth-order valence-corrected chi connectivity index (χ4v) is 2.19. The fraction of sp³-hybridized carbons (Fsp3) is 0.118. The van der Waals surface area contributed by atoms with Crippen molar-refractivity contribution >= 4 is 23.1 Å². The average molecular weight is 280 g/mol. The van der Waals surface area contributed by atoms with Crippen LogP contribution in [0.4, 0.5) is 0 Å². The third kappa shape index (κ3) is 2.95. The van der Waals surface area contributed by atoms with Gasteiger partial charge in [0.05, 0.1) is 17.8 Å². The standard InChI is InChI=1S/C17H16N2O2/c20-11-12-21-17-8-4-1-5-13(17)9-10-16-14-6-2-3-7-15(14)18-19-16/h1-10,20H,11-12H2,(H,18,19). The number of H-pyrrole nitrogens is 1. The first kappa shape index (κ1) is 13.4. The summed E-state index contributed by atoms with van der Waals surface area (Å²) in [7, 11) is 0. The van der Waals surface area contributed by atoms with Crippen LogP contribution in [0.15, 0.2) is 48.5 Å². The van der Waals surface area contributed by atoms with E-state index in [1.54, 1.807) is 0 Å². The Morgan fingerprint density at radius 3 is 2.76 bits per heavy atom. The number of aliphatic hydroxyl groups is 1. The van der Waals surface area contributed by atoms with Crippen molar-refractivity contribution in [2.24, 2.45) is 0 Å². The zero-order valence-corrected chi connectivity index (χ0v) is 11.5. The largest absolute Gasteiger partial charge is 0.491 e. The van der Waals surface area contributed by atoms with Crippen LogP contribution < -0.4 is 4.74 Å². The molecule has 4 heteroatoms.